The van der Waals surface area contributed by atoms with Crippen LogP contribution in [0.5, 0.6) is 5.75 Å². The molecule has 0 saturated carbocycles. The summed E-state index contributed by atoms with van der Waals surface area (Å²) in [6.07, 6.45) is 2.04. The molecule has 0 unspecified atom stereocenters. The third-order valence-electron chi connectivity index (χ3n) is 4.27. The molecule has 2 N–H and O–H groups in total. The van der Waals surface area contributed by atoms with Crippen molar-refractivity contribution >= 4 is 17.5 Å². The molecule has 1 heterocycles. The molecule has 1 saturated heterocycles. The van der Waals surface area contributed by atoms with E-state index < -0.39 is 0 Å². The molecule has 0 aromatic heterocycles. The molecule has 1 aliphatic rings. The summed E-state index contributed by atoms with van der Waals surface area (Å²) in [5.74, 6) is 0.0607. The van der Waals surface area contributed by atoms with Gasteiger partial charge in [0.15, 0.2) is 0 Å². The van der Waals surface area contributed by atoms with Gasteiger partial charge in [0.25, 0.3) is 11.8 Å². The van der Waals surface area contributed by atoms with Gasteiger partial charge in [0.05, 0.1) is 24.5 Å². The molecule has 2 aromatic carbocycles. The van der Waals surface area contributed by atoms with Gasteiger partial charge in [0.2, 0.25) is 0 Å². The maximum Gasteiger partial charge on any atom is 0.255 e. The van der Waals surface area contributed by atoms with Crippen molar-refractivity contribution in [1.82, 2.24) is 5.32 Å². The molecular weight excluding hydrogens is 332 g/mol. The number of ether oxygens (including phenoxy) is 2. The first kappa shape index (κ1) is 17.9. The van der Waals surface area contributed by atoms with Gasteiger partial charge in [-0.2, -0.15) is 0 Å². The maximum atomic E-state index is 12.5. The molecule has 6 heteroatoms. The van der Waals surface area contributed by atoms with E-state index in [0.29, 0.717) is 29.1 Å². The van der Waals surface area contributed by atoms with Crippen LogP contribution in [0.25, 0.3) is 0 Å². The van der Waals surface area contributed by atoms with Crippen LogP contribution in [0.3, 0.4) is 0 Å². The van der Waals surface area contributed by atoms with Crippen LogP contribution in [0.1, 0.15) is 33.6 Å². The lowest BCUT2D eigenvalue weighted by atomic mass is 10.1. The third-order valence-corrected chi connectivity index (χ3v) is 4.27. The summed E-state index contributed by atoms with van der Waals surface area (Å²) < 4.78 is 10.7. The number of nitrogens with one attached hydrogen (secondary N) is 2. The van der Waals surface area contributed by atoms with E-state index >= 15 is 0 Å². The molecule has 136 valence electrons. The molecule has 3 rings (SSSR count). The van der Waals surface area contributed by atoms with Gasteiger partial charge in [-0.15, -0.1) is 0 Å². The minimum Gasteiger partial charge on any atom is -0.497 e. The first-order valence-corrected chi connectivity index (χ1v) is 8.61. The number of methoxy groups -OCH3 is 1. The molecule has 6 nitrogen and oxygen atoms in total. The lowest BCUT2D eigenvalue weighted by molar-refractivity contribution is 0.0858. The van der Waals surface area contributed by atoms with Gasteiger partial charge in [-0.05, 0) is 43.2 Å². The Morgan fingerprint density at radius 3 is 2.77 bits per heavy atom. The zero-order valence-electron chi connectivity index (χ0n) is 14.7. The number of hydrogen-bond acceptors (Lipinski definition) is 4. The van der Waals surface area contributed by atoms with Crippen LogP contribution >= 0.6 is 0 Å². The van der Waals surface area contributed by atoms with Crippen molar-refractivity contribution in [3.05, 3.63) is 59.7 Å². The minimum atomic E-state index is -0.303. The number of benzene rings is 2. The smallest absolute Gasteiger partial charge is 0.255 e. The predicted molar refractivity (Wildman–Crippen MR) is 98.7 cm³/mol. The van der Waals surface area contributed by atoms with Crippen molar-refractivity contribution in [1.29, 1.82) is 0 Å². The van der Waals surface area contributed by atoms with Gasteiger partial charge in [-0.3, -0.25) is 9.59 Å². The number of anilines is 1. The molecule has 26 heavy (non-hydrogen) atoms. The predicted octanol–water partition coefficient (Wildman–Crippen LogP) is 2.86. The summed E-state index contributed by atoms with van der Waals surface area (Å²) in [6.45, 7) is 1.21. The lowest BCUT2D eigenvalue weighted by Crippen LogP contribution is -2.32. The van der Waals surface area contributed by atoms with Crippen molar-refractivity contribution in [2.75, 3.05) is 25.6 Å². The van der Waals surface area contributed by atoms with Gasteiger partial charge in [0, 0.05) is 18.7 Å². The fourth-order valence-corrected chi connectivity index (χ4v) is 2.86. The fourth-order valence-electron chi connectivity index (χ4n) is 2.86. The molecule has 0 spiro atoms. The zero-order valence-corrected chi connectivity index (χ0v) is 14.7. The molecular formula is C20H22N2O4. The molecule has 2 aromatic rings. The lowest BCUT2D eigenvalue weighted by Gasteiger charge is -2.14. The third kappa shape index (κ3) is 4.40. The number of rotatable bonds is 6. The first-order chi connectivity index (χ1) is 12.7. The highest BCUT2D eigenvalue weighted by atomic mass is 16.5. The molecule has 0 bridgehead atoms. The zero-order chi connectivity index (χ0) is 18.4. The summed E-state index contributed by atoms with van der Waals surface area (Å²) in [6, 6.07) is 13.8. The van der Waals surface area contributed by atoms with Crippen molar-refractivity contribution < 1.29 is 19.1 Å². The van der Waals surface area contributed by atoms with Crippen molar-refractivity contribution in [3.63, 3.8) is 0 Å². The summed E-state index contributed by atoms with van der Waals surface area (Å²) >= 11 is 0. The number of hydrogen-bond donors (Lipinski definition) is 2. The van der Waals surface area contributed by atoms with E-state index in [1.54, 1.807) is 55.6 Å². The molecule has 0 radical (unpaired) electrons. The van der Waals surface area contributed by atoms with Crippen molar-refractivity contribution in [2.24, 2.45) is 0 Å². The second-order valence-electron chi connectivity index (χ2n) is 6.08. The fraction of sp³-hybridized carbons (Fsp3) is 0.300. The number of carbonyl (C=O) groups excluding carboxylic acids is 2. The van der Waals surface area contributed by atoms with Crippen LogP contribution in [-0.2, 0) is 4.74 Å². The summed E-state index contributed by atoms with van der Waals surface area (Å²) in [7, 11) is 1.55. The van der Waals surface area contributed by atoms with Gasteiger partial charge in [-0.1, -0.05) is 18.2 Å². The number of carbonyl (C=O) groups is 2. The van der Waals surface area contributed by atoms with E-state index in [1.165, 1.54) is 0 Å². The second-order valence-corrected chi connectivity index (χ2v) is 6.08. The standard InChI is InChI=1S/C20H22N2O4/c1-25-15-7-4-6-14(12-15)19(23)22-18-10-3-2-9-17(18)20(24)21-13-16-8-5-11-26-16/h2-4,6-7,9-10,12,16H,5,8,11,13H2,1H3,(H,21,24)(H,22,23)/t16-/m1/s1. The first-order valence-electron chi connectivity index (χ1n) is 8.61. The Hall–Kier alpha value is -2.86. The Morgan fingerprint density at radius 1 is 1.15 bits per heavy atom. The van der Waals surface area contributed by atoms with E-state index in [1.807, 2.05) is 0 Å². The Balaban J connectivity index is 1.69. The van der Waals surface area contributed by atoms with E-state index in [4.69, 9.17) is 9.47 Å². The van der Waals surface area contributed by atoms with Gasteiger partial charge >= 0.3 is 0 Å². The second kappa shape index (κ2) is 8.49. The Bertz CT molecular complexity index is 785. The molecule has 0 aliphatic carbocycles. The van der Waals surface area contributed by atoms with E-state index in [-0.39, 0.29) is 17.9 Å². The van der Waals surface area contributed by atoms with Crippen LogP contribution in [-0.4, -0.2) is 38.2 Å². The van der Waals surface area contributed by atoms with Crippen LogP contribution in [0.2, 0.25) is 0 Å². The number of para-hydroxylation sites is 1. The summed E-state index contributed by atoms with van der Waals surface area (Å²) in [5, 5.41) is 5.68. The quantitative estimate of drug-likeness (QED) is 0.836. The minimum absolute atomic E-state index is 0.0671. The van der Waals surface area contributed by atoms with Crippen LogP contribution in [0, 0.1) is 0 Å². The molecule has 1 atom stereocenters. The molecule has 1 aliphatic heterocycles. The SMILES string of the molecule is COc1cccc(C(=O)Nc2ccccc2C(=O)NC[C@H]2CCCO2)c1. The summed E-state index contributed by atoms with van der Waals surface area (Å²) in [5.41, 5.74) is 1.34. The van der Waals surface area contributed by atoms with Crippen molar-refractivity contribution in [3.8, 4) is 5.75 Å². The van der Waals surface area contributed by atoms with E-state index in [2.05, 4.69) is 10.6 Å². The monoisotopic (exact) mass is 354 g/mol. The Labute approximate surface area is 152 Å². The van der Waals surface area contributed by atoms with Gasteiger partial charge < -0.3 is 20.1 Å². The van der Waals surface area contributed by atoms with Gasteiger partial charge in [0.1, 0.15) is 5.75 Å². The average molecular weight is 354 g/mol. The maximum absolute atomic E-state index is 12.5. The normalized spacial score (nSPS) is 16.1. The average Bonchev–Trinajstić information content (AvgIpc) is 3.20. The Morgan fingerprint density at radius 2 is 2.00 bits per heavy atom. The summed E-state index contributed by atoms with van der Waals surface area (Å²) in [4.78, 5) is 25.0. The number of amides is 2. The highest BCUT2D eigenvalue weighted by Crippen LogP contribution is 2.19. The molecule has 1 fully saturated rings. The largest absolute Gasteiger partial charge is 0.497 e. The van der Waals surface area contributed by atoms with Crippen molar-refractivity contribution in [2.45, 2.75) is 18.9 Å². The van der Waals surface area contributed by atoms with Crippen LogP contribution in [0.15, 0.2) is 48.5 Å². The van der Waals surface area contributed by atoms with E-state index in [0.717, 1.165) is 19.4 Å². The van der Waals surface area contributed by atoms with E-state index in [9.17, 15) is 9.59 Å². The van der Waals surface area contributed by atoms with Gasteiger partial charge in [-0.25, -0.2) is 0 Å². The topological polar surface area (TPSA) is 76.7 Å². The molecule has 2 amide bonds. The Kier molecular flexibility index (Phi) is 5.86. The highest BCUT2D eigenvalue weighted by molar-refractivity contribution is 6.09. The highest BCUT2D eigenvalue weighted by Gasteiger charge is 2.18. The van der Waals surface area contributed by atoms with Crippen LogP contribution < -0.4 is 15.4 Å². The van der Waals surface area contributed by atoms with Crippen LogP contribution in [0.4, 0.5) is 5.69 Å².